The Hall–Kier alpha value is -1.67. The number of morpholine rings is 1. The fourth-order valence-corrected chi connectivity index (χ4v) is 2.85. The molecule has 122 valence electrons. The van der Waals surface area contributed by atoms with E-state index in [1.807, 2.05) is 6.92 Å². The average molecular weight is 323 g/mol. The summed E-state index contributed by atoms with van der Waals surface area (Å²) in [5, 5.41) is 0. The lowest BCUT2D eigenvalue weighted by molar-refractivity contribution is -0.120. The Morgan fingerprint density at radius 3 is 2.41 bits per heavy atom. The van der Waals surface area contributed by atoms with Crippen molar-refractivity contribution >= 4 is 25.6 Å². The van der Waals surface area contributed by atoms with Gasteiger partial charge in [0.25, 0.3) is 0 Å². The number of aromatic nitrogens is 2. The average Bonchev–Trinajstić information content (AvgIpc) is 2.52. The quantitative estimate of drug-likeness (QED) is 0.631. The number of hydrazine groups is 1. The SMILES string of the molecule is CC(C(=O)NNc1ncc(N2CCOCC2)cn1)[Si](C)(C)C. The predicted octanol–water partition coefficient (Wildman–Crippen LogP) is 1.48. The summed E-state index contributed by atoms with van der Waals surface area (Å²) >= 11 is 0. The monoisotopic (exact) mass is 323 g/mol. The number of carbonyl (C=O) groups is 1. The Labute approximate surface area is 132 Å². The number of carbonyl (C=O) groups excluding carboxylic acids is 1. The molecule has 7 nitrogen and oxygen atoms in total. The number of nitrogens with zero attached hydrogens (tertiary/aromatic N) is 3. The first-order chi connectivity index (χ1) is 10.4. The highest BCUT2D eigenvalue weighted by molar-refractivity contribution is 6.80. The van der Waals surface area contributed by atoms with E-state index in [0.29, 0.717) is 5.95 Å². The molecule has 2 N–H and O–H groups in total. The molecule has 8 heteroatoms. The van der Waals surface area contributed by atoms with Gasteiger partial charge >= 0.3 is 0 Å². The lowest BCUT2D eigenvalue weighted by atomic mass is 10.4. The molecule has 0 aromatic carbocycles. The van der Waals surface area contributed by atoms with E-state index in [9.17, 15) is 4.79 Å². The van der Waals surface area contributed by atoms with Crippen LogP contribution in [-0.2, 0) is 9.53 Å². The van der Waals surface area contributed by atoms with Gasteiger partial charge in [0.05, 0.1) is 39.4 Å². The van der Waals surface area contributed by atoms with Crippen LogP contribution in [0.25, 0.3) is 0 Å². The van der Waals surface area contributed by atoms with Gasteiger partial charge in [0, 0.05) is 18.6 Å². The Kier molecular flexibility index (Phi) is 5.36. The minimum absolute atomic E-state index is 0.0139. The molecule has 2 heterocycles. The maximum atomic E-state index is 12.1. The van der Waals surface area contributed by atoms with Crippen LogP contribution >= 0.6 is 0 Å². The van der Waals surface area contributed by atoms with Crippen molar-refractivity contribution in [3.05, 3.63) is 12.4 Å². The molecule has 1 saturated heterocycles. The maximum Gasteiger partial charge on any atom is 0.241 e. The van der Waals surface area contributed by atoms with Crippen molar-refractivity contribution in [3.63, 3.8) is 0 Å². The van der Waals surface area contributed by atoms with E-state index in [1.165, 1.54) is 0 Å². The molecule has 0 aliphatic carbocycles. The Morgan fingerprint density at radius 2 is 1.86 bits per heavy atom. The number of anilines is 2. The molecule has 1 aromatic rings. The lowest BCUT2D eigenvalue weighted by Gasteiger charge is -2.28. The number of nitrogens with one attached hydrogen (secondary N) is 2. The smallest absolute Gasteiger partial charge is 0.241 e. The van der Waals surface area contributed by atoms with Gasteiger partial charge in [0.1, 0.15) is 0 Å². The molecule has 0 radical (unpaired) electrons. The van der Waals surface area contributed by atoms with E-state index in [4.69, 9.17) is 4.74 Å². The van der Waals surface area contributed by atoms with Crippen LogP contribution < -0.4 is 15.8 Å². The van der Waals surface area contributed by atoms with Crippen LogP contribution in [-0.4, -0.2) is 50.3 Å². The zero-order valence-electron chi connectivity index (χ0n) is 13.7. The van der Waals surface area contributed by atoms with E-state index in [1.54, 1.807) is 12.4 Å². The molecule has 2 rings (SSSR count). The van der Waals surface area contributed by atoms with Gasteiger partial charge < -0.3 is 9.64 Å². The molecule has 22 heavy (non-hydrogen) atoms. The van der Waals surface area contributed by atoms with Crippen LogP contribution in [0.2, 0.25) is 25.2 Å². The number of amides is 1. The van der Waals surface area contributed by atoms with E-state index in [0.717, 1.165) is 32.0 Å². The van der Waals surface area contributed by atoms with Crippen LogP contribution in [0.15, 0.2) is 12.4 Å². The Morgan fingerprint density at radius 1 is 1.27 bits per heavy atom. The minimum Gasteiger partial charge on any atom is -0.378 e. The van der Waals surface area contributed by atoms with Gasteiger partial charge in [-0.1, -0.05) is 26.6 Å². The summed E-state index contributed by atoms with van der Waals surface area (Å²) < 4.78 is 5.32. The molecule has 0 saturated carbocycles. The van der Waals surface area contributed by atoms with E-state index >= 15 is 0 Å². The molecule has 1 fully saturated rings. The third-order valence-electron chi connectivity index (χ3n) is 4.00. The fourth-order valence-electron chi connectivity index (χ4n) is 1.99. The molecular weight excluding hydrogens is 298 g/mol. The van der Waals surface area contributed by atoms with Crippen LogP contribution in [0.5, 0.6) is 0 Å². The first kappa shape index (κ1) is 16.7. The standard InChI is InChI=1S/C14H25N5O2Si/c1-11(22(2,3)4)13(20)17-18-14-15-9-12(10-16-14)19-5-7-21-8-6-19/h9-11H,5-8H2,1-4H3,(H,17,20)(H,15,16,18). The number of hydrogen-bond donors (Lipinski definition) is 2. The molecular formula is C14H25N5O2Si. The van der Waals surface area contributed by atoms with Gasteiger partial charge in [-0.05, 0) is 0 Å². The maximum absolute atomic E-state index is 12.1. The van der Waals surface area contributed by atoms with Gasteiger partial charge in [0.15, 0.2) is 0 Å². The second-order valence-electron chi connectivity index (χ2n) is 6.57. The van der Waals surface area contributed by atoms with Crippen LogP contribution in [0.1, 0.15) is 6.92 Å². The number of hydrogen-bond acceptors (Lipinski definition) is 6. The highest BCUT2D eigenvalue weighted by atomic mass is 28.3. The van der Waals surface area contributed by atoms with Crippen molar-refractivity contribution in [1.29, 1.82) is 0 Å². The van der Waals surface area contributed by atoms with Crippen molar-refractivity contribution in [2.24, 2.45) is 0 Å². The summed E-state index contributed by atoms with van der Waals surface area (Å²) in [6.45, 7) is 11.6. The first-order valence-corrected chi connectivity index (χ1v) is 11.2. The molecule has 1 aliphatic heterocycles. The van der Waals surface area contributed by atoms with Gasteiger partial charge in [-0.2, -0.15) is 0 Å². The Bertz CT molecular complexity index is 497. The van der Waals surface area contributed by atoms with E-state index < -0.39 is 8.07 Å². The fraction of sp³-hybridized carbons (Fsp3) is 0.643. The van der Waals surface area contributed by atoms with Crippen LogP contribution in [0.3, 0.4) is 0 Å². The second-order valence-corrected chi connectivity index (χ2v) is 12.2. The summed E-state index contributed by atoms with van der Waals surface area (Å²) in [5.74, 6) is 0.383. The highest BCUT2D eigenvalue weighted by Crippen LogP contribution is 2.20. The zero-order valence-corrected chi connectivity index (χ0v) is 14.7. The topological polar surface area (TPSA) is 79.4 Å². The van der Waals surface area contributed by atoms with Crippen LogP contribution in [0.4, 0.5) is 11.6 Å². The molecule has 0 spiro atoms. The zero-order chi connectivity index (χ0) is 16.2. The van der Waals surface area contributed by atoms with Crippen LogP contribution in [0, 0.1) is 0 Å². The summed E-state index contributed by atoms with van der Waals surface area (Å²) in [5.41, 5.74) is 6.47. The number of rotatable bonds is 5. The van der Waals surface area contributed by atoms with Gasteiger partial charge in [-0.15, -0.1) is 0 Å². The largest absolute Gasteiger partial charge is 0.378 e. The van der Waals surface area contributed by atoms with Crippen molar-refractivity contribution in [1.82, 2.24) is 15.4 Å². The van der Waals surface area contributed by atoms with E-state index in [-0.39, 0.29) is 11.4 Å². The minimum atomic E-state index is -1.50. The molecule has 1 aliphatic rings. The molecule has 1 atom stereocenters. The molecule has 1 amide bonds. The summed E-state index contributed by atoms with van der Waals surface area (Å²) in [7, 11) is -1.50. The summed E-state index contributed by atoms with van der Waals surface area (Å²) in [6.07, 6.45) is 3.52. The molecule has 1 aromatic heterocycles. The van der Waals surface area contributed by atoms with E-state index in [2.05, 4.69) is 45.4 Å². The van der Waals surface area contributed by atoms with Crippen molar-refractivity contribution in [2.45, 2.75) is 32.1 Å². The molecule has 0 bridgehead atoms. The molecule has 1 unspecified atom stereocenters. The summed E-state index contributed by atoms with van der Waals surface area (Å²) in [4.78, 5) is 22.7. The highest BCUT2D eigenvalue weighted by Gasteiger charge is 2.28. The van der Waals surface area contributed by atoms with Crippen molar-refractivity contribution < 1.29 is 9.53 Å². The third-order valence-corrected chi connectivity index (χ3v) is 6.86. The van der Waals surface area contributed by atoms with Gasteiger partial charge in [0.2, 0.25) is 11.9 Å². The first-order valence-electron chi connectivity index (χ1n) is 7.58. The predicted molar refractivity (Wildman–Crippen MR) is 89.6 cm³/mol. The lowest BCUT2D eigenvalue weighted by Crippen LogP contribution is -2.41. The van der Waals surface area contributed by atoms with Crippen molar-refractivity contribution in [2.75, 3.05) is 36.6 Å². The number of ether oxygens (including phenoxy) is 1. The van der Waals surface area contributed by atoms with Crippen molar-refractivity contribution in [3.8, 4) is 0 Å². The normalized spacial score (nSPS) is 17.0. The van der Waals surface area contributed by atoms with Gasteiger partial charge in [-0.3, -0.25) is 15.6 Å². The summed E-state index contributed by atoms with van der Waals surface area (Å²) in [6, 6.07) is 0. The van der Waals surface area contributed by atoms with Gasteiger partial charge in [-0.25, -0.2) is 9.97 Å². The Balaban J connectivity index is 1.87. The third kappa shape index (κ3) is 4.41. The second kappa shape index (κ2) is 7.06.